The highest BCUT2D eigenvalue weighted by Gasteiger charge is 2.37. The Morgan fingerprint density at radius 2 is 1.92 bits per heavy atom. The van der Waals surface area contributed by atoms with Gasteiger partial charge in [0.25, 0.3) is 0 Å². The van der Waals surface area contributed by atoms with Gasteiger partial charge in [-0.05, 0) is 20.8 Å². The van der Waals surface area contributed by atoms with Crippen molar-refractivity contribution in [2.24, 2.45) is 0 Å². The SMILES string of the molecule is CC(C)S(=O)(=O)NC1(C)COC1. The number of hydrogen-bond donors (Lipinski definition) is 1. The van der Waals surface area contributed by atoms with Crippen LogP contribution in [0.2, 0.25) is 0 Å². The zero-order valence-electron chi connectivity index (χ0n) is 7.62. The van der Waals surface area contributed by atoms with E-state index in [4.69, 9.17) is 4.74 Å². The molecule has 72 valence electrons. The number of ether oxygens (including phenoxy) is 1. The van der Waals surface area contributed by atoms with Crippen molar-refractivity contribution in [3.05, 3.63) is 0 Å². The van der Waals surface area contributed by atoms with E-state index in [1.165, 1.54) is 0 Å². The van der Waals surface area contributed by atoms with Crippen molar-refractivity contribution in [1.82, 2.24) is 4.72 Å². The Bertz CT molecular complexity index is 254. The molecule has 1 heterocycles. The highest BCUT2D eigenvalue weighted by atomic mass is 32.2. The smallest absolute Gasteiger partial charge is 0.214 e. The van der Waals surface area contributed by atoms with Crippen LogP contribution in [0.1, 0.15) is 20.8 Å². The summed E-state index contributed by atoms with van der Waals surface area (Å²) in [5, 5.41) is -0.380. The zero-order valence-corrected chi connectivity index (χ0v) is 8.44. The minimum absolute atomic E-state index is 0.372. The summed E-state index contributed by atoms with van der Waals surface area (Å²) >= 11 is 0. The Kier molecular flexibility index (Phi) is 2.47. The van der Waals surface area contributed by atoms with Crippen molar-refractivity contribution in [3.8, 4) is 0 Å². The van der Waals surface area contributed by atoms with E-state index in [2.05, 4.69) is 4.72 Å². The molecule has 0 aliphatic carbocycles. The van der Waals surface area contributed by atoms with Crippen molar-refractivity contribution >= 4 is 10.0 Å². The highest BCUT2D eigenvalue weighted by molar-refractivity contribution is 7.90. The molecular formula is C7H15NO3S. The van der Waals surface area contributed by atoms with Gasteiger partial charge < -0.3 is 4.74 Å². The maximum absolute atomic E-state index is 11.4. The van der Waals surface area contributed by atoms with Crippen LogP contribution in [-0.4, -0.2) is 32.4 Å². The lowest BCUT2D eigenvalue weighted by Gasteiger charge is -2.38. The summed E-state index contributed by atoms with van der Waals surface area (Å²) in [7, 11) is -3.15. The molecule has 0 aromatic carbocycles. The summed E-state index contributed by atoms with van der Waals surface area (Å²) in [6.45, 7) is 6.10. The summed E-state index contributed by atoms with van der Waals surface area (Å²) in [5.74, 6) is 0. The van der Waals surface area contributed by atoms with Crippen molar-refractivity contribution in [2.45, 2.75) is 31.6 Å². The number of rotatable bonds is 3. The van der Waals surface area contributed by atoms with Crippen LogP contribution >= 0.6 is 0 Å². The fourth-order valence-corrected chi connectivity index (χ4v) is 1.97. The molecule has 1 N–H and O–H groups in total. The van der Waals surface area contributed by atoms with Crippen LogP contribution in [0.3, 0.4) is 0 Å². The van der Waals surface area contributed by atoms with Crippen molar-refractivity contribution in [3.63, 3.8) is 0 Å². The van der Waals surface area contributed by atoms with Crippen LogP contribution in [0.15, 0.2) is 0 Å². The van der Waals surface area contributed by atoms with Crippen molar-refractivity contribution in [2.75, 3.05) is 13.2 Å². The quantitative estimate of drug-likeness (QED) is 0.691. The molecule has 0 unspecified atom stereocenters. The average molecular weight is 193 g/mol. The van der Waals surface area contributed by atoms with Gasteiger partial charge >= 0.3 is 0 Å². The topological polar surface area (TPSA) is 55.4 Å². The first-order valence-corrected chi connectivity index (χ1v) is 5.51. The molecule has 0 aromatic heterocycles. The fraction of sp³-hybridized carbons (Fsp3) is 1.00. The van der Waals surface area contributed by atoms with Crippen LogP contribution in [-0.2, 0) is 14.8 Å². The normalized spacial score (nSPS) is 22.3. The summed E-state index contributed by atoms with van der Waals surface area (Å²) < 4.78 is 30.3. The van der Waals surface area contributed by atoms with E-state index in [1.54, 1.807) is 13.8 Å². The van der Waals surface area contributed by atoms with Gasteiger partial charge in [-0.1, -0.05) is 0 Å². The molecular weight excluding hydrogens is 178 g/mol. The Balaban J connectivity index is 2.61. The molecule has 12 heavy (non-hydrogen) atoms. The Hall–Kier alpha value is -0.130. The third kappa shape index (κ3) is 1.97. The standard InChI is InChI=1S/C7H15NO3S/c1-6(2)12(9,10)8-7(3)4-11-5-7/h6,8H,4-5H2,1-3H3. The lowest BCUT2D eigenvalue weighted by Crippen LogP contribution is -2.60. The number of hydrogen-bond acceptors (Lipinski definition) is 3. The Labute approximate surface area is 73.3 Å². The second-order valence-corrected chi connectivity index (χ2v) is 5.99. The molecule has 0 amide bonds. The van der Waals surface area contributed by atoms with Crippen LogP contribution < -0.4 is 4.72 Å². The minimum atomic E-state index is -3.15. The van der Waals surface area contributed by atoms with Gasteiger partial charge in [-0.15, -0.1) is 0 Å². The first-order chi connectivity index (χ1) is 5.36. The van der Waals surface area contributed by atoms with Gasteiger partial charge in [-0.2, -0.15) is 0 Å². The second kappa shape index (κ2) is 2.97. The molecule has 0 spiro atoms. The molecule has 5 heteroatoms. The molecule has 4 nitrogen and oxygen atoms in total. The van der Waals surface area contributed by atoms with E-state index in [1.807, 2.05) is 6.92 Å². The van der Waals surface area contributed by atoms with Gasteiger partial charge in [0.05, 0.1) is 24.0 Å². The predicted molar refractivity (Wildman–Crippen MR) is 46.4 cm³/mol. The number of sulfonamides is 1. The molecule has 0 radical (unpaired) electrons. The van der Waals surface area contributed by atoms with Crippen LogP contribution in [0.4, 0.5) is 0 Å². The van der Waals surface area contributed by atoms with Crippen LogP contribution in [0.25, 0.3) is 0 Å². The maximum atomic E-state index is 11.4. The van der Waals surface area contributed by atoms with Crippen molar-refractivity contribution < 1.29 is 13.2 Å². The monoisotopic (exact) mass is 193 g/mol. The van der Waals surface area contributed by atoms with Gasteiger partial charge in [-0.25, -0.2) is 13.1 Å². The predicted octanol–water partition coefficient (Wildman–Crippen LogP) is 0.103. The first kappa shape index (κ1) is 9.95. The van der Waals surface area contributed by atoms with E-state index in [0.717, 1.165) is 0 Å². The maximum Gasteiger partial charge on any atom is 0.214 e. The van der Waals surface area contributed by atoms with Crippen molar-refractivity contribution in [1.29, 1.82) is 0 Å². The van der Waals surface area contributed by atoms with E-state index in [9.17, 15) is 8.42 Å². The third-order valence-corrected chi connectivity index (χ3v) is 3.87. The van der Waals surface area contributed by atoms with Crippen LogP contribution in [0, 0.1) is 0 Å². The van der Waals surface area contributed by atoms with Crippen LogP contribution in [0.5, 0.6) is 0 Å². The van der Waals surface area contributed by atoms with E-state index in [0.29, 0.717) is 13.2 Å². The molecule has 0 aromatic rings. The molecule has 0 saturated carbocycles. The fourth-order valence-electron chi connectivity index (χ4n) is 0.928. The Morgan fingerprint density at radius 1 is 1.42 bits per heavy atom. The van der Waals surface area contributed by atoms with Gasteiger partial charge in [0, 0.05) is 0 Å². The molecule has 0 bridgehead atoms. The summed E-state index contributed by atoms with van der Waals surface area (Å²) in [5.41, 5.74) is -0.372. The molecule has 1 saturated heterocycles. The summed E-state index contributed by atoms with van der Waals surface area (Å²) in [4.78, 5) is 0. The lowest BCUT2D eigenvalue weighted by molar-refractivity contribution is -0.0524. The largest absolute Gasteiger partial charge is 0.377 e. The molecule has 1 aliphatic rings. The first-order valence-electron chi connectivity index (χ1n) is 3.96. The molecule has 1 fully saturated rings. The Morgan fingerprint density at radius 3 is 2.17 bits per heavy atom. The molecule has 1 aliphatic heterocycles. The van der Waals surface area contributed by atoms with E-state index >= 15 is 0 Å². The van der Waals surface area contributed by atoms with E-state index in [-0.39, 0.29) is 10.8 Å². The average Bonchev–Trinajstić information content (AvgIpc) is 1.83. The number of nitrogens with one attached hydrogen (secondary N) is 1. The highest BCUT2D eigenvalue weighted by Crippen LogP contribution is 2.17. The van der Waals surface area contributed by atoms with E-state index < -0.39 is 10.0 Å². The summed E-state index contributed by atoms with van der Waals surface area (Å²) in [6, 6.07) is 0. The minimum Gasteiger partial charge on any atom is -0.377 e. The third-order valence-electron chi connectivity index (χ3n) is 1.85. The lowest BCUT2D eigenvalue weighted by atomic mass is 10.0. The van der Waals surface area contributed by atoms with Gasteiger partial charge in [0.15, 0.2) is 0 Å². The molecule has 0 atom stereocenters. The second-order valence-electron chi connectivity index (χ2n) is 3.75. The van der Waals surface area contributed by atoms with Gasteiger partial charge in [0.2, 0.25) is 10.0 Å². The van der Waals surface area contributed by atoms with Gasteiger partial charge in [0.1, 0.15) is 0 Å². The molecule has 1 rings (SSSR count). The van der Waals surface area contributed by atoms with Gasteiger partial charge in [-0.3, -0.25) is 0 Å². The summed E-state index contributed by atoms with van der Waals surface area (Å²) in [6.07, 6.45) is 0. The zero-order chi connectivity index (χ0) is 9.41.